The summed E-state index contributed by atoms with van der Waals surface area (Å²) in [5, 5.41) is 8.20. The largest absolute Gasteiger partial charge is 0.381 e. The van der Waals surface area contributed by atoms with E-state index in [1.807, 2.05) is 12.1 Å². The van der Waals surface area contributed by atoms with Crippen molar-refractivity contribution in [3.63, 3.8) is 0 Å². The zero-order valence-corrected chi connectivity index (χ0v) is 27.4. The van der Waals surface area contributed by atoms with Crippen LogP contribution in [-0.2, 0) is 27.3 Å². The monoisotopic (exact) mass is 686 g/mol. The Morgan fingerprint density at radius 2 is 1.89 bits per heavy atom. The highest BCUT2D eigenvalue weighted by Gasteiger charge is 2.67. The summed E-state index contributed by atoms with van der Waals surface area (Å²) in [4.78, 5) is 60.1. The number of aromatic nitrogens is 6. The summed E-state index contributed by atoms with van der Waals surface area (Å²) in [7, 11) is 0. The molecular weight excluding hydrogens is 652 g/mol. The molecule has 2 aliphatic heterocycles. The van der Waals surface area contributed by atoms with Gasteiger partial charge in [0.25, 0.3) is 0 Å². The first-order valence-corrected chi connectivity index (χ1v) is 16.5. The number of piperidine rings is 1. The fourth-order valence-electron chi connectivity index (χ4n) is 6.89. The molecule has 0 unspecified atom stereocenters. The first kappa shape index (κ1) is 30.5. The SMILES string of the molecule is CC(=O)c1nn(CC(=O)N2[C@H]3C[C@@]4(COCCCCCCc5ccc(Br)nc5NC3=O)C[C@@H]24)c2cnc(-c3cnc(C)nc3)cc12. The third-order valence-electron chi connectivity index (χ3n) is 9.40. The second kappa shape index (κ2) is 12.3. The van der Waals surface area contributed by atoms with Gasteiger partial charge in [0.05, 0.1) is 24.0 Å². The first-order chi connectivity index (χ1) is 22.2. The number of hydrogen-bond donors (Lipinski definition) is 1. The van der Waals surface area contributed by atoms with Crippen LogP contribution >= 0.6 is 15.9 Å². The van der Waals surface area contributed by atoms with Gasteiger partial charge < -0.3 is 15.0 Å². The number of carbonyl (C=O) groups is 3. The van der Waals surface area contributed by atoms with E-state index in [1.54, 1.807) is 36.5 Å². The standard InChI is InChI=1S/C33H35BrN8O4/c1-19(43)30-23-11-24(22-14-35-20(2)36-15-22)37-16-26(23)41(40-30)17-29(44)42-25-12-33(13-27(33)42)18-46-10-6-4-3-5-7-21-8-9-28(34)38-31(21)39-32(25)45/h8-9,11,14-16,25,27H,3-7,10,12-13,17-18H2,1-2H3,(H,38,39,45)/t25-,27+,33-/m0/s1. The van der Waals surface area contributed by atoms with Gasteiger partial charge in [0.2, 0.25) is 11.8 Å². The highest BCUT2D eigenvalue weighted by molar-refractivity contribution is 9.10. The van der Waals surface area contributed by atoms with E-state index in [0.29, 0.717) is 58.0 Å². The molecule has 1 aliphatic carbocycles. The average Bonchev–Trinajstić information content (AvgIpc) is 3.45. The van der Waals surface area contributed by atoms with Crippen LogP contribution in [0.5, 0.6) is 0 Å². The zero-order chi connectivity index (χ0) is 32.0. The Bertz CT molecular complexity index is 1840. The summed E-state index contributed by atoms with van der Waals surface area (Å²) in [5.41, 5.74) is 2.83. The number of ether oxygens (including phenoxy) is 1. The highest BCUT2D eigenvalue weighted by Crippen LogP contribution is 2.60. The molecule has 2 bridgehead atoms. The van der Waals surface area contributed by atoms with E-state index in [0.717, 1.165) is 44.1 Å². The molecule has 7 rings (SSSR count). The molecule has 12 nitrogen and oxygen atoms in total. The van der Waals surface area contributed by atoms with Gasteiger partial charge in [-0.1, -0.05) is 18.9 Å². The molecule has 3 atom stereocenters. The number of nitrogens with one attached hydrogen (secondary N) is 1. The van der Waals surface area contributed by atoms with Gasteiger partial charge in [0.1, 0.15) is 34.5 Å². The Morgan fingerprint density at radius 3 is 2.70 bits per heavy atom. The number of ketones is 1. The number of amides is 2. The lowest BCUT2D eigenvalue weighted by Gasteiger charge is -2.27. The minimum atomic E-state index is -0.686. The quantitative estimate of drug-likeness (QED) is 0.239. The summed E-state index contributed by atoms with van der Waals surface area (Å²) in [6.45, 7) is 4.29. The Balaban J connectivity index is 1.19. The van der Waals surface area contributed by atoms with Gasteiger partial charge in [-0.25, -0.2) is 15.0 Å². The van der Waals surface area contributed by atoms with Crippen LogP contribution in [0.15, 0.2) is 41.4 Å². The summed E-state index contributed by atoms with van der Waals surface area (Å²) in [6, 6.07) is 4.86. The van der Waals surface area contributed by atoms with Gasteiger partial charge in [-0.2, -0.15) is 5.10 Å². The zero-order valence-electron chi connectivity index (χ0n) is 25.8. The third-order valence-corrected chi connectivity index (χ3v) is 9.84. The molecule has 13 heteroatoms. The normalized spacial score (nSPS) is 23.2. The molecule has 1 spiro atoms. The van der Waals surface area contributed by atoms with E-state index in [2.05, 4.69) is 46.3 Å². The molecule has 6 heterocycles. The second-order valence-electron chi connectivity index (χ2n) is 12.6. The number of carbonyl (C=O) groups excluding carboxylic acids is 3. The lowest BCUT2D eigenvalue weighted by atomic mass is 10.00. The smallest absolute Gasteiger partial charge is 0.248 e. The Labute approximate surface area is 274 Å². The van der Waals surface area contributed by atoms with Crippen molar-refractivity contribution in [2.45, 2.75) is 77.4 Å². The van der Waals surface area contributed by atoms with Gasteiger partial charge in [-0.15, -0.1) is 0 Å². The number of aryl methyl sites for hydroxylation is 2. The molecule has 1 saturated heterocycles. The number of hydrogen-bond acceptors (Lipinski definition) is 9. The fraction of sp³-hybridized carbons (Fsp3) is 0.455. The predicted molar refractivity (Wildman–Crippen MR) is 173 cm³/mol. The van der Waals surface area contributed by atoms with Crippen LogP contribution < -0.4 is 5.32 Å². The topological polar surface area (TPSA) is 145 Å². The van der Waals surface area contributed by atoms with Crippen LogP contribution in [0.2, 0.25) is 0 Å². The number of anilines is 1. The number of halogens is 1. The molecular formula is C33H35BrN8O4. The van der Waals surface area contributed by atoms with Crippen LogP contribution in [0.3, 0.4) is 0 Å². The van der Waals surface area contributed by atoms with Crippen molar-refractivity contribution in [2.75, 3.05) is 18.5 Å². The molecule has 0 radical (unpaired) electrons. The average molecular weight is 688 g/mol. The molecule has 1 saturated carbocycles. The van der Waals surface area contributed by atoms with Crippen molar-refractivity contribution >= 4 is 50.2 Å². The van der Waals surface area contributed by atoms with Crippen molar-refractivity contribution in [3.8, 4) is 11.3 Å². The van der Waals surface area contributed by atoms with Crippen molar-refractivity contribution < 1.29 is 19.1 Å². The van der Waals surface area contributed by atoms with E-state index in [-0.39, 0.29) is 41.3 Å². The van der Waals surface area contributed by atoms with Gasteiger partial charge in [-0.05, 0) is 72.7 Å². The first-order valence-electron chi connectivity index (χ1n) is 15.7. The summed E-state index contributed by atoms with van der Waals surface area (Å²) in [6.07, 6.45) is 11.2. The minimum absolute atomic E-state index is 0.112. The van der Waals surface area contributed by atoms with E-state index >= 15 is 0 Å². The number of Topliss-reactive ketones (excluding diaryl/α,β-unsaturated/α-hetero) is 1. The van der Waals surface area contributed by atoms with Gasteiger partial charge in [0, 0.05) is 48.3 Å². The molecule has 238 valence electrons. The van der Waals surface area contributed by atoms with E-state index in [1.165, 1.54) is 11.6 Å². The molecule has 1 N–H and O–H groups in total. The number of pyridine rings is 2. The van der Waals surface area contributed by atoms with E-state index < -0.39 is 6.04 Å². The molecule has 4 aromatic heterocycles. The summed E-state index contributed by atoms with van der Waals surface area (Å²) in [5.74, 6) is 0.433. The van der Waals surface area contributed by atoms with Gasteiger partial charge in [-0.3, -0.25) is 24.0 Å². The summed E-state index contributed by atoms with van der Waals surface area (Å²) >= 11 is 3.44. The summed E-state index contributed by atoms with van der Waals surface area (Å²) < 4.78 is 8.28. The molecule has 4 aromatic rings. The third kappa shape index (κ3) is 5.81. The van der Waals surface area contributed by atoms with Crippen LogP contribution in [-0.4, -0.2) is 77.5 Å². The maximum atomic E-state index is 14.2. The Morgan fingerprint density at radius 1 is 1.09 bits per heavy atom. The lowest BCUT2D eigenvalue weighted by molar-refractivity contribution is -0.138. The maximum Gasteiger partial charge on any atom is 0.248 e. The number of nitrogens with zero attached hydrogens (tertiary/aromatic N) is 7. The molecule has 46 heavy (non-hydrogen) atoms. The van der Waals surface area contributed by atoms with Crippen molar-refractivity contribution in [1.82, 2.24) is 34.6 Å². The van der Waals surface area contributed by atoms with E-state index in [9.17, 15) is 14.4 Å². The molecule has 2 amide bonds. The Kier molecular flexibility index (Phi) is 8.14. The van der Waals surface area contributed by atoms with Crippen LogP contribution in [0.25, 0.3) is 22.2 Å². The van der Waals surface area contributed by atoms with Crippen LogP contribution in [0, 0.1) is 12.3 Å². The highest BCUT2D eigenvalue weighted by atomic mass is 79.9. The van der Waals surface area contributed by atoms with Crippen LogP contribution in [0.1, 0.15) is 67.3 Å². The van der Waals surface area contributed by atoms with Crippen molar-refractivity contribution in [3.05, 3.63) is 58.5 Å². The van der Waals surface area contributed by atoms with Crippen molar-refractivity contribution in [2.24, 2.45) is 5.41 Å². The number of rotatable bonds is 4. The molecule has 0 aromatic carbocycles. The van der Waals surface area contributed by atoms with Crippen molar-refractivity contribution in [1.29, 1.82) is 0 Å². The van der Waals surface area contributed by atoms with Gasteiger partial charge in [0.15, 0.2) is 5.78 Å². The molecule has 3 aliphatic rings. The number of fused-ring (bicyclic) bond motifs is 3. The van der Waals surface area contributed by atoms with Crippen LogP contribution in [0.4, 0.5) is 5.82 Å². The van der Waals surface area contributed by atoms with Gasteiger partial charge >= 0.3 is 0 Å². The lowest BCUT2D eigenvalue weighted by Crippen LogP contribution is -2.47. The minimum Gasteiger partial charge on any atom is -0.381 e. The second-order valence-corrected chi connectivity index (χ2v) is 13.4. The molecule has 2 fully saturated rings. The van der Waals surface area contributed by atoms with E-state index in [4.69, 9.17) is 4.74 Å². The Hall–Kier alpha value is -4.10. The maximum absolute atomic E-state index is 14.2. The fourth-order valence-corrected chi connectivity index (χ4v) is 7.20. The number of likely N-dealkylation sites (tertiary alicyclic amines) is 1. The predicted octanol–water partition coefficient (Wildman–Crippen LogP) is 4.69.